The Morgan fingerprint density at radius 1 is 1.21 bits per heavy atom. The van der Waals surface area contributed by atoms with Crippen molar-refractivity contribution in [2.24, 2.45) is 35.5 Å². The molecule has 2 aliphatic heterocycles. The Balaban J connectivity index is 1.44. The molecule has 2 bridgehead atoms. The van der Waals surface area contributed by atoms with Gasteiger partial charge >= 0.3 is 10.8 Å². The number of aliphatic carboxylic acids is 1. The predicted octanol–water partition coefficient (Wildman–Crippen LogP) is 2.41. The van der Waals surface area contributed by atoms with Crippen molar-refractivity contribution < 1.29 is 19.5 Å². The Kier molecular flexibility index (Phi) is 4.65. The van der Waals surface area contributed by atoms with E-state index in [9.17, 15) is 24.3 Å². The van der Waals surface area contributed by atoms with Crippen LogP contribution >= 0.6 is 23.1 Å². The number of amides is 2. The summed E-state index contributed by atoms with van der Waals surface area (Å²) in [7, 11) is 0. The Morgan fingerprint density at radius 2 is 1.94 bits per heavy atom. The summed E-state index contributed by atoms with van der Waals surface area (Å²) >= 11 is 2.83. The molecule has 172 valence electrons. The number of likely N-dealkylation sites (tertiary alicyclic amines) is 1. The molecule has 8 atom stereocenters. The summed E-state index contributed by atoms with van der Waals surface area (Å²) in [6.45, 7) is 3.45. The third-order valence-corrected chi connectivity index (χ3v) is 10.6. The number of imide groups is 1. The van der Waals surface area contributed by atoms with E-state index < -0.39 is 23.8 Å². The molecular formula is C23H23N3O5S2. The predicted molar refractivity (Wildman–Crippen MR) is 121 cm³/mol. The van der Waals surface area contributed by atoms with E-state index in [1.807, 2.05) is 18.3 Å². The third kappa shape index (κ3) is 2.79. The van der Waals surface area contributed by atoms with Crippen molar-refractivity contribution in [1.29, 1.82) is 0 Å². The number of H-pyrrole nitrogens is 1. The second-order valence-corrected chi connectivity index (χ2v) is 12.0. The van der Waals surface area contributed by atoms with E-state index >= 15 is 0 Å². The van der Waals surface area contributed by atoms with Gasteiger partial charge in [-0.15, -0.1) is 11.8 Å². The number of nitrogens with zero attached hydrogens (tertiary/aromatic N) is 2. The second kappa shape index (κ2) is 7.27. The van der Waals surface area contributed by atoms with Gasteiger partial charge in [0.15, 0.2) is 0 Å². The second-order valence-electron chi connectivity index (χ2n) is 9.82. The molecule has 2 aromatic heterocycles. The molecule has 10 heteroatoms. The molecule has 33 heavy (non-hydrogen) atoms. The first kappa shape index (κ1) is 21.1. The van der Waals surface area contributed by atoms with Crippen LogP contribution in [0.15, 0.2) is 34.3 Å². The minimum absolute atomic E-state index is 0.0196. The normalized spacial score (nSPS) is 35.0. The molecular weight excluding hydrogens is 462 g/mol. The molecule has 4 aliphatic rings. The average molecular weight is 486 g/mol. The first-order valence-electron chi connectivity index (χ1n) is 11.2. The van der Waals surface area contributed by atoms with Crippen LogP contribution in [0.4, 0.5) is 0 Å². The van der Waals surface area contributed by atoms with Gasteiger partial charge < -0.3 is 10.1 Å². The molecule has 0 radical (unpaired) electrons. The van der Waals surface area contributed by atoms with Gasteiger partial charge in [0, 0.05) is 28.4 Å². The van der Waals surface area contributed by atoms with Crippen molar-refractivity contribution in [2.45, 2.75) is 42.5 Å². The molecule has 2 saturated carbocycles. The molecule has 0 aromatic carbocycles. The van der Waals surface area contributed by atoms with E-state index in [0.717, 1.165) is 26.8 Å². The Hall–Kier alpha value is -2.46. The lowest BCUT2D eigenvalue weighted by Crippen LogP contribution is -2.49. The van der Waals surface area contributed by atoms with Crippen LogP contribution in [0, 0.1) is 35.5 Å². The molecule has 3 fully saturated rings. The van der Waals surface area contributed by atoms with Crippen LogP contribution in [0.2, 0.25) is 0 Å². The van der Waals surface area contributed by atoms with Crippen LogP contribution < -0.4 is 4.87 Å². The first-order valence-corrected chi connectivity index (χ1v) is 12.9. The molecule has 4 heterocycles. The summed E-state index contributed by atoms with van der Waals surface area (Å²) in [6, 6.07) is 2.75. The zero-order valence-corrected chi connectivity index (χ0v) is 19.6. The molecule has 2 aliphatic carbocycles. The smallest absolute Gasteiger partial charge is 0.327 e. The number of thiazole rings is 1. The SMILES string of the molecule is CC(C)[C@@H](C(=O)O)N1C(=O)[C@H]2[C@@H]3C[C@@H]([C@@H]2C1=O)[C@H]1[C@@H](c2cccnc2)c2sc(=O)[nH]c2S[C@H]31. The zero-order valence-electron chi connectivity index (χ0n) is 18.0. The summed E-state index contributed by atoms with van der Waals surface area (Å²) in [5.74, 6) is -3.17. The minimum atomic E-state index is -1.14. The topological polar surface area (TPSA) is 120 Å². The van der Waals surface area contributed by atoms with Gasteiger partial charge in [-0.25, -0.2) is 4.79 Å². The lowest BCUT2D eigenvalue weighted by molar-refractivity contribution is -0.157. The van der Waals surface area contributed by atoms with Gasteiger partial charge in [-0.3, -0.25) is 24.3 Å². The molecule has 6 rings (SSSR count). The number of thioether (sulfide) groups is 1. The third-order valence-electron chi connectivity index (χ3n) is 7.96. The fourth-order valence-electron chi connectivity index (χ4n) is 6.94. The molecule has 2 aromatic rings. The van der Waals surface area contributed by atoms with Crippen LogP contribution in [0.1, 0.15) is 36.6 Å². The van der Waals surface area contributed by atoms with Gasteiger partial charge in [-0.1, -0.05) is 31.3 Å². The molecule has 0 unspecified atom stereocenters. The van der Waals surface area contributed by atoms with Gasteiger partial charge in [-0.05, 0) is 41.7 Å². The van der Waals surface area contributed by atoms with Crippen LogP contribution in [-0.2, 0) is 14.4 Å². The molecule has 1 saturated heterocycles. The maximum Gasteiger partial charge on any atom is 0.327 e. The standard InChI is InChI=1S/C23H23N3O5S2/c1-8(2)16(22(29)30)26-20(27)14-10-6-11(15(14)21(26)28)17-13(10)12(9-4-3-5-24-7-9)18-19(32-17)25-23(31)33-18/h3-5,7-8,10-17H,6H2,1-2H3,(H,25,31)(H,29,30)/t10-,11+,12-,13+,14+,15+,16+,17-/m1/s1. The number of hydrogen-bond donors (Lipinski definition) is 2. The Morgan fingerprint density at radius 3 is 2.58 bits per heavy atom. The summed E-state index contributed by atoms with van der Waals surface area (Å²) < 4.78 is 0. The number of aromatic nitrogens is 2. The number of nitrogens with one attached hydrogen (secondary N) is 1. The van der Waals surface area contributed by atoms with Crippen LogP contribution in [-0.4, -0.2) is 49.0 Å². The summed E-state index contributed by atoms with van der Waals surface area (Å²) in [5, 5.41) is 10.7. The van der Waals surface area contributed by atoms with Crippen molar-refractivity contribution in [3.05, 3.63) is 44.6 Å². The van der Waals surface area contributed by atoms with E-state index in [1.165, 1.54) is 11.3 Å². The van der Waals surface area contributed by atoms with Crippen molar-refractivity contribution in [2.75, 3.05) is 0 Å². The lowest BCUT2D eigenvalue weighted by atomic mass is 9.68. The first-order chi connectivity index (χ1) is 15.8. The van der Waals surface area contributed by atoms with Gasteiger partial charge in [-0.2, -0.15) is 0 Å². The highest BCUT2D eigenvalue weighted by Crippen LogP contribution is 2.68. The van der Waals surface area contributed by atoms with Crippen molar-refractivity contribution in [1.82, 2.24) is 14.9 Å². The van der Waals surface area contributed by atoms with E-state index in [1.54, 1.807) is 31.8 Å². The number of carboxylic acid groups (broad SMARTS) is 1. The van der Waals surface area contributed by atoms with E-state index in [-0.39, 0.29) is 51.5 Å². The molecule has 2 N–H and O–H groups in total. The van der Waals surface area contributed by atoms with Crippen molar-refractivity contribution >= 4 is 40.9 Å². The number of carboxylic acids is 1. The Labute approximate surface area is 197 Å². The lowest BCUT2D eigenvalue weighted by Gasteiger charge is -2.42. The average Bonchev–Trinajstić information content (AvgIpc) is 3.49. The van der Waals surface area contributed by atoms with Gasteiger partial charge in [0.05, 0.1) is 16.9 Å². The summed E-state index contributed by atoms with van der Waals surface area (Å²) in [5.41, 5.74) is 1.01. The maximum atomic E-state index is 13.6. The van der Waals surface area contributed by atoms with Crippen molar-refractivity contribution in [3.63, 3.8) is 0 Å². The monoisotopic (exact) mass is 485 g/mol. The maximum absolute atomic E-state index is 13.6. The molecule has 0 spiro atoms. The highest BCUT2D eigenvalue weighted by molar-refractivity contribution is 8.00. The number of pyridine rings is 1. The van der Waals surface area contributed by atoms with Gasteiger partial charge in [0.1, 0.15) is 6.04 Å². The number of rotatable bonds is 4. The quantitative estimate of drug-likeness (QED) is 0.638. The minimum Gasteiger partial charge on any atom is -0.480 e. The summed E-state index contributed by atoms with van der Waals surface area (Å²) in [6.07, 6.45) is 4.31. The number of hydrogen-bond acceptors (Lipinski definition) is 7. The number of fused-ring (bicyclic) bond motifs is 9. The van der Waals surface area contributed by atoms with Crippen LogP contribution in [0.5, 0.6) is 0 Å². The highest BCUT2D eigenvalue weighted by Gasteiger charge is 2.70. The van der Waals surface area contributed by atoms with Crippen molar-refractivity contribution in [3.8, 4) is 0 Å². The zero-order chi connectivity index (χ0) is 23.2. The van der Waals surface area contributed by atoms with Crippen LogP contribution in [0.25, 0.3) is 0 Å². The number of aromatic amines is 1. The molecule has 8 nitrogen and oxygen atoms in total. The largest absolute Gasteiger partial charge is 0.480 e. The van der Waals surface area contributed by atoms with Gasteiger partial charge in [0.2, 0.25) is 11.8 Å². The number of carbonyl (C=O) groups is 3. The highest BCUT2D eigenvalue weighted by atomic mass is 32.2. The van der Waals surface area contributed by atoms with E-state index in [2.05, 4.69) is 9.97 Å². The fraction of sp³-hybridized carbons (Fsp3) is 0.522. The Bertz CT molecular complexity index is 1220. The molecule has 2 amide bonds. The van der Waals surface area contributed by atoms with Crippen LogP contribution in [0.3, 0.4) is 0 Å². The van der Waals surface area contributed by atoms with E-state index in [4.69, 9.17) is 0 Å². The van der Waals surface area contributed by atoms with E-state index in [0.29, 0.717) is 0 Å². The summed E-state index contributed by atoms with van der Waals surface area (Å²) in [4.78, 5) is 60.5. The fourth-order valence-corrected chi connectivity index (χ4v) is 9.83. The number of carbonyl (C=O) groups excluding carboxylic acids is 2. The van der Waals surface area contributed by atoms with Gasteiger partial charge in [0.25, 0.3) is 0 Å².